The van der Waals surface area contributed by atoms with Gasteiger partial charge in [-0.1, -0.05) is 117 Å². The van der Waals surface area contributed by atoms with Gasteiger partial charge in [-0.15, -0.1) is 0 Å². The van der Waals surface area contributed by atoms with Gasteiger partial charge in [-0.2, -0.15) is 0 Å². The average Bonchev–Trinajstić information content (AvgIpc) is 2.98. The fourth-order valence-corrected chi connectivity index (χ4v) is 5.72. The van der Waals surface area contributed by atoms with E-state index in [4.69, 9.17) is 9.98 Å². The largest absolute Gasteiger partial charge is 0.255 e. The molecule has 0 saturated carbocycles. The number of aliphatic imine (C=N–C) groups is 2. The minimum absolute atomic E-state index is 0. The van der Waals surface area contributed by atoms with E-state index in [9.17, 15) is 0 Å². The molecule has 0 unspecified atom stereocenters. The van der Waals surface area contributed by atoms with Gasteiger partial charge in [-0.25, -0.2) is 0 Å². The van der Waals surface area contributed by atoms with Crippen LogP contribution in [0.2, 0.25) is 0 Å². The van der Waals surface area contributed by atoms with E-state index in [1.54, 1.807) is 0 Å². The van der Waals surface area contributed by atoms with E-state index in [-0.39, 0.29) is 16.5 Å². The quantitative estimate of drug-likeness (QED) is 0.0626. The molecule has 0 aliphatic rings. The SMILES string of the molecule is CCCCCCC(/C=N/c1cc(CCCCC)cc(CCCCC)c1)=N\c1cc(CCCCC)cc(CCCCC)c1.[Ni]. The van der Waals surface area contributed by atoms with E-state index in [2.05, 4.69) is 77.2 Å². The Balaban J connectivity index is 0.00000924. The van der Waals surface area contributed by atoms with Gasteiger partial charge < -0.3 is 0 Å². The molecule has 2 aromatic carbocycles. The zero-order valence-corrected chi connectivity index (χ0v) is 29.6. The number of nitrogens with zero attached hydrogens (tertiary/aromatic N) is 2. The topological polar surface area (TPSA) is 24.7 Å². The number of benzene rings is 2. The van der Waals surface area contributed by atoms with Crippen LogP contribution in [0.15, 0.2) is 46.4 Å². The molecule has 0 saturated heterocycles. The molecule has 0 fully saturated rings. The van der Waals surface area contributed by atoms with Crippen molar-refractivity contribution in [1.29, 1.82) is 0 Å². The van der Waals surface area contributed by atoms with Crippen molar-refractivity contribution in [2.75, 3.05) is 0 Å². The molecule has 0 aliphatic heterocycles. The van der Waals surface area contributed by atoms with Crippen LogP contribution in [0.25, 0.3) is 0 Å². The second kappa shape index (κ2) is 25.6. The van der Waals surface area contributed by atoms with Crippen LogP contribution < -0.4 is 0 Å². The molecule has 0 bridgehead atoms. The van der Waals surface area contributed by atoms with Gasteiger partial charge in [0.1, 0.15) is 0 Å². The second-order valence-corrected chi connectivity index (χ2v) is 12.5. The van der Waals surface area contributed by atoms with Crippen LogP contribution in [-0.2, 0) is 42.2 Å². The molecule has 2 rings (SSSR count). The molecular formula is C40H64N2Ni. The predicted molar refractivity (Wildman–Crippen MR) is 190 cm³/mol. The molecule has 0 amide bonds. The standard InChI is InChI=1S/C40H64N2.Ni/c1-6-11-16-21-26-38(42-40-31-36(24-19-14-9-4)28-37(32-40)25-20-15-10-5)33-41-39-29-34(22-17-12-7-2)27-35(30-39)23-18-13-8-3;/h27-33H,6-26H2,1-5H3;/b41-33+,42-38+;. The molecule has 0 spiro atoms. The van der Waals surface area contributed by atoms with Crippen molar-refractivity contribution in [3.05, 3.63) is 58.7 Å². The van der Waals surface area contributed by atoms with E-state index < -0.39 is 0 Å². The van der Waals surface area contributed by atoms with Crippen LogP contribution in [0, 0.1) is 0 Å². The molecule has 0 heterocycles. The summed E-state index contributed by atoms with van der Waals surface area (Å²) in [4.78, 5) is 10.4. The van der Waals surface area contributed by atoms with Crippen LogP contribution >= 0.6 is 0 Å². The van der Waals surface area contributed by atoms with Crippen molar-refractivity contribution in [2.24, 2.45) is 9.98 Å². The molecule has 2 nitrogen and oxygen atoms in total. The van der Waals surface area contributed by atoms with E-state index in [0.29, 0.717) is 0 Å². The van der Waals surface area contributed by atoms with Crippen LogP contribution in [0.4, 0.5) is 11.4 Å². The maximum absolute atomic E-state index is 5.28. The first-order valence-electron chi connectivity index (χ1n) is 18.0. The second-order valence-electron chi connectivity index (χ2n) is 12.5. The summed E-state index contributed by atoms with van der Waals surface area (Å²) in [6, 6.07) is 14.2. The summed E-state index contributed by atoms with van der Waals surface area (Å²) in [5, 5.41) is 0. The summed E-state index contributed by atoms with van der Waals surface area (Å²) < 4.78 is 0. The van der Waals surface area contributed by atoms with Gasteiger partial charge >= 0.3 is 0 Å². The molecule has 0 N–H and O–H groups in total. The molecule has 0 atom stereocenters. The van der Waals surface area contributed by atoms with Gasteiger partial charge in [0.05, 0.1) is 17.1 Å². The Morgan fingerprint density at radius 3 is 1.23 bits per heavy atom. The summed E-state index contributed by atoms with van der Waals surface area (Å²) in [5.74, 6) is 0. The summed E-state index contributed by atoms with van der Waals surface area (Å²) in [6.45, 7) is 11.4. The normalized spacial score (nSPS) is 11.8. The first-order valence-corrected chi connectivity index (χ1v) is 18.0. The van der Waals surface area contributed by atoms with Gasteiger partial charge in [0.25, 0.3) is 0 Å². The maximum Gasteiger partial charge on any atom is 0.0639 e. The Labute approximate surface area is 277 Å². The third-order valence-corrected chi connectivity index (χ3v) is 8.27. The van der Waals surface area contributed by atoms with Gasteiger partial charge in [0.2, 0.25) is 0 Å². The first-order chi connectivity index (χ1) is 20.6. The third kappa shape index (κ3) is 18.0. The molecule has 0 aromatic heterocycles. The molecular weight excluding hydrogens is 567 g/mol. The third-order valence-electron chi connectivity index (χ3n) is 8.27. The van der Waals surface area contributed by atoms with Crippen molar-refractivity contribution in [3.63, 3.8) is 0 Å². The molecule has 2 aromatic rings. The molecule has 0 radical (unpaired) electrons. The number of hydrogen-bond donors (Lipinski definition) is 0. The molecule has 43 heavy (non-hydrogen) atoms. The van der Waals surface area contributed by atoms with Crippen molar-refractivity contribution in [1.82, 2.24) is 0 Å². The Morgan fingerprint density at radius 1 is 0.465 bits per heavy atom. The average molecular weight is 632 g/mol. The monoisotopic (exact) mass is 630 g/mol. The van der Waals surface area contributed by atoms with Crippen LogP contribution in [0.5, 0.6) is 0 Å². The van der Waals surface area contributed by atoms with Crippen LogP contribution in [-0.4, -0.2) is 11.9 Å². The molecule has 0 aliphatic carbocycles. The predicted octanol–water partition coefficient (Wildman–Crippen LogP) is 13.1. The van der Waals surface area contributed by atoms with Crippen LogP contribution in [0.3, 0.4) is 0 Å². The van der Waals surface area contributed by atoms with E-state index >= 15 is 0 Å². The summed E-state index contributed by atoms with van der Waals surface area (Å²) in [5.41, 5.74) is 9.15. The van der Waals surface area contributed by atoms with E-state index in [1.165, 1.54) is 125 Å². The summed E-state index contributed by atoms with van der Waals surface area (Å²) in [6.07, 6.45) is 28.0. The van der Waals surface area contributed by atoms with Gasteiger partial charge in [0.15, 0.2) is 0 Å². The molecule has 3 heteroatoms. The number of hydrogen-bond acceptors (Lipinski definition) is 2. The minimum Gasteiger partial charge on any atom is -0.255 e. The van der Waals surface area contributed by atoms with E-state index in [1.807, 2.05) is 0 Å². The first kappa shape index (κ1) is 39.3. The number of unbranched alkanes of at least 4 members (excludes halogenated alkanes) is 11. The summed E-state index contributed by atoms with van der Waals surface area (Å²) in [7, 11) is 0. The van der Waals surface area contributed by atoms with E-state index in [0.717, 1.165) is 49.2 Å². The number of rotatable bonds is 24. The smallest absolute Gasteiger partial charge is 0.0639 e. The Bertz CT molecular complexity index is 982. The van der Waals surface area contributed by atoms with Crippen molar-refractivity contribution >= 4 is 23.3 Å². The fourth-order valence-electron chi connectivity index (χ4n) is 5.72. The van der Waals surface area contributed by atoms with Gasteiger partial charge in [-0.05, 0) is 111 Å². The Kier molecular flexibility index (Phi) is 23.4. The Morgan fingerprint density at radius 2 is 0.837 bits per heavy atom. The van der Waals surface area contributed by atoms with Crippen molar-refractivity contribution < 1.29 is 16.5 Å². The van der Waals surface area contributed by atoms with Crippen LogP contribution in [0.1, 0.15) is 166 Å². The van der Waals surface area contributed by atoms with Crippen molar-refractivity contribution in [3.8, 4) is 0 Å². The van der Waals surface area contributed by atoms with Gasteiger partial charge in [0, 0.05) is 22.7 Å². The Hall–Kier alpha value is -1.73. The maximum atomic E-state index is 5.28. The zero-order valence-electron chi connectivity index (χ0n) is 28.6. The fraction of sp³-hybridized carbons (Fsp3) is 0.650. The minimum atomic E-state index is 0. The summed E-state index contributed by atoms with van der Waals surface area (Å²) >= 11 is 0. The number of aryl methyl sites for hydroxylation is 4. The molecule has 244 valence electrons. The van der Waals surface area contributed by atoms with Crippen molar-refractivity contribution in [2.45, 2.75) is 169 Å². The zero-order chi connectivity index (χ0) is 30.3. The van der Waals surface area contributed by atoms with Gasteiger partial charge in [-0.3, -0.25) is 9.98 Å².